The van der Waals surface area contributed by atoms with Crippen LogP contribution in [0.5, 0.6) is 0 Å². The van der Waals surface area contributed by atoms with Crippen molar-refractivity contribution in [1.29, 1.82) is 0 Å². The van der Waals surface area contributed by atoms with Crippen molar-refractivity contribution in [3.8, 4) is 0 Å². The maximum atomic E-state index is 13.4. The molecule has 3 rings (SSSR count). The van der Waals surface area contributed by atoms with Crippen molar-refractivity contribution in [2.45, 2.75) is 25.8 Å². The fraction of sp³-hybridized carbons (Fsp3) is 0.250. The highest BCUT2D eigenvalue weighted by Crippen LogP contribution is 2.30. The van der Waals surface area contributed by atoms with Crippen LogP contribution < -0.4 is 5.32 Å². The number of rotatable bonds is 2. The number of aryl methyl sites for hydroxylation is 1. The monoisotopic (exact) mass is 353 g/mol. The Morgan fingerprint density at radius 1 is 1.20 bits per heavy atom. The van der Waals surface area contributed by atoms with E-state index >= 15 is 0 Å². The van der Waals surface area contributed by atoms with Gasteiger partial charge in [0, 0.05) is 16.8 Å². The quantitative estimate of drug-likeness (QED) is 0.788. The van der Waals surface area contributed by atoms with Gasteiger partial charge in [0.2, 0.25) is 0 Å². The molecule has 104 valence electrons. The van der Waals surface area contributed by atoms with E-state index in [1.807, 2.05) is 19.1 Å². The molecule has 0 aliphatic heterocycles. The van der Waals surface area contributed by atoms with Crippen LogP contribution in [0, 0.1) is 12.7 Å². The van der Waals surface area contributed by atoms with E-state index in [1.54, 1.807) is 12.1 Å². The average Bonchev–Trinajstić information content (AvgIpc) is 2.77. The van der Waals surface area contributed by atoms with E-state index in [1.165, 1.54) is 11.1 Å². The maximum Gasteiger partial charge on any atom is 0.137 e. The first-order valence-electron chi connectivity index (χ1n) is 6.52. The van der Waals surface area contributed by atoms with Gasteiger partial charge in [-0.2, -0.15) is 0 Å². The first-order chi connectivity index (χ1) is 9.52. The van der Waals surface area contributed by atoms with E-state index in [0.717, 1.165) is 29.1 Å². The number of fused-ring (bicyclic) bond motifs is 1. The van der Waals surface area contributed by atoms with Crippen molar-refractivity contribution in [3.63, 3.8) is 0 Å². The molecule has 0 amide bonds. The maximum absolute atomic E-state index is 13.4. The van der Waals surface area contributed by atoms with Crippen molar-refractivity contribution in [2.24, 2.45) is 0 Å². The van der Waals surface area contributed by atoms with E-state index < -0.39 is 0 Å². The summed E-state index contributed by atoms with van der Waals surface area (Å²) >= 11 is 9.26. The second-order valence-corrected chi connectivity index (χ2v) is 6.53. The smallest absolute Gasteiger partial charge is 0.137 e. The lowest BCUT2D eigenvalue weighted by atomic mass is 10.1. The zero-order valence-electron chi connectivity index (χ0n) is 11.0. The largest absolute Gasteiger partial charge is 0.381 e. The standard InChI is InChI=1S/C16H14BrClFN/c1-9-4-15(19)14(17)8-16(9)20-13-6-10-2-3-12(18)5-11(10)7-13/h2-5,8,13,20H,6-7H2,1H3. The van der Waals surface area contributed by atoms with Gasteiger partial charge in [-0.05, 0) is 76.7 Å². The zero-order chi connectivity index (χ0) is 14.3. The van der Waals surface area contributed by atoms with Crippen molar-refractivity contribution >= 4 is 33.2 Å². The minimum atomic E-state index is -0.227. The predicted molar refractivity (Wildman–Crippen MR) is 85.1 cm³/mol. The molecule has 1 aliphatic carbocycles. The Morgan fingerprint density at radius 2 is 1.95 bits per heavy atom. The van der Waals surface area contributed by atoms with E-state index in [9.17, 15) is 4.39 Å². The summed E-state index contributed by atoms with van der Waals surface area (Å²) in [5.74, 6) is -0.227. The molecule has 4 heteroatoms. The van der Waals surface area contributed by atoms with E-state index in [-0.39, 0.29) is 5.82 Å². The van der Waals surface area contributed by atoms with Crippen molar-refractivity contribution < 1.29 is 4.39 Å². The van der Waals surface area contributed by atoms with Crippen LogP contribution in [0.1, 0.15) is 16.7 Å². The predicted octanol–water partition coefficient (Wildman–Crippen LogP) is 5.13. The number of halogens is 3. The molecule has 2 aromatic carbocycles. The van der Waals surface area contributed by atoms with E-state index in [2.05, 4.69) is 27.3 Å². The molecule has 2 aromatic rings. The van der Waals surface area contributed by atoms with Crippen molar-refractivity contribution in [3.05, 3.63) is 62.3 Å². The fourth-order valence-electron chi connectivity index (χ4n) is 2.71. The molecule has 0 bridgehead atoms. The van der Waals surface area contributed by atoms with Crippen LogP contribution in [-0.4, -0.2) is 6.04 Å². The lowest BCUT2D eigenvalue weighted by Crippen LogP contribution is -2.20. The summed E-state index contributed by atoms with van der Waals surface area (Å²) in [5.41, 5.74) is 4.53. The molecule has 0 radical (unpaired) electrons. The van der Waals surface area contributed by atoms with Crippen LogP contribution in [0.25, 0.3) is 0 Å². The normalized spacial score (nSPS) is 17.1. The summed E-state index contributed by atoms with van der Waals surface area (Å²) in [6.45, 7) is 1.91. The van der Waals surface area contributed by atoms with Gasteiger partial charge in [-0.15, -0.1) is 0 Å². The molecule has 1 unspecified atom stereocenters. The number of anilines is 1. The minimum absolute atomic E-state index is 0.227. The summed E-state index contributed by atoms with van der Waals surface area (Å²) in [7, 11) is 0. The highest BCUT2D eigenvalue weighted by Gasteiger charge is 2.22. The van der Waals surface area contributed by atoms with Crippen LogP contribution in [0.2, 0.25) is 5.02 Å². The summed E-state index contributed by atoms with van der Waals surface area (Å²) in [5, 5.41) is 4.29. The molecule has 1 N–H and O–H groups in total. The molecule has 0 spiro atoms. The van der Waals surface area contributed by atoms with Gasteiger partial charge in [-0.25, -0.2) is 4.39 Å². The summed E-state index contributed by atoms with van der Waals surface area (Å²) in [4.78, 5) is 0. The van der Waals surface area contributed by atoms with Gasteiger partial charge < -0.3 is 5.32 Å². The molecule has 1 nitrogen and oxygen atoms in total. The third kappa shape index (κ3) is 2.70. The van der Waals surface area contributed by atoms with Crippen LogP contribution in [-0.2, 0) is 12.8 Å². The van der Waals surface area contributed by atoms with E-state index in [0.29, 0.717) is 10.5 Å². The summed E-state index contributed by atoms with van der Waals surface area (Å²) in [6, 6.07) is 9.74. The van der Waals surface area contributed by atoms with Gasteiger partial charge in [-0.3, -0.25) is 0 Å². The Kier molecular flexibility index (Phi) is 3.74. The lowest BCUT2D eigenvalue weighted by Gasteiger charge is -2.16. The molecule has 1 aliphatic rings. The number of nitrogens with one attached hydrogen (secondary N) is 1. The minimum Gasteiger partial charge on any atom is -0.381 e. The van der Waals surface area contributed by atoms with Gasteiger partial charge in [-0.1, -0.05) is 17.7 Å². The SMILES string of the molecule is Cc1cc(F)c(Br)cc1NC1Cc2ccc(Cl)cc2C1. The van der Waals surface area contributed by atoms with Crippen molar-refractivity contribution in [2.75, 3.05) is 5.32 Å². The Hall–Kier alpha value is -1.06. The highest BCUT2D eigenvalue weighted by atomic mass is 79.9. The van der Waals surface area contributed by atoms with Gasteiger partial charge in [0.05, 0.1) is 4.47 Å². The number of benzene rings is 2. The molecule has 0 saturated heterocycles. The van der Waals surface area contributed by atoms with Gasteiger partial charge in [0.1, 0.15) is 5.82 Å². The molecule has 20 heavy (non-hydrogen) atoms. The molecular formula is C16H14BrClFN. The van der Waals surface area contributed by atoms with Crippen LogP contribution in [0.15, 0.2) is 34.8 Å². The lowest BCUT2D eigenvalue weighted by molar-refractivity contribution is 0.620. The van der Waals surface area contributed by atoms with Crippen LogP contribution >= 0.6 is 27.5 Å². The van der Waals surface area contributed by atoms with Gasteiger partial charge in [0.25, 0.3) is 0 Å². The Bertz CT molecular complexity index is 672. The molecule has 1 atom stereocenters. The van der Waals surface area contributed by atoms with Crippen LogP contribution in [0.3, 0.4) is 0 Å². The van der Waals surface area contributed by atoms with Crippen LogP contribution in [0.4, 0.5) is 10.1 Å². The Balaban J connectivity index is 1.80. The molecular weight excluding hydrogens is 341 g/mol. The first-order valence-corrected chi connectivity index (χ1v) is 7.69. The molecule has 0 aromatic heterocycles. The third-order valence-electron chi connectivity index (χ3n) is 3.73. The highest BCUT2D eigenvalue weighted by molar-refractivity contribution is 9.10. The third-order valence-corrected chi connectivity index (χ3v) is 4.57. The first kappa shape index (κ1) is 13.9. The van der Waals surface area contributed by atoms with E-state index in [4.69, 9.17) is 11.6 Å². The Morgan fingerprint density at radius 3 is 2.75 bits per heavy atom. The van der Waals surface area contributed by atoms with Gasteiger partial charge in [0.15, 0.2) is 0 Å². The van der Waals surface area contributed by atoms with Gasteiger partial charge >= 0.3 is 0 Å². The topological polar surface area (TPSA) is 12.0 Å². The van der Waals surface area contributed by atoms with Crippen molar-refractivity contribution in [1.82, 2.24) is 0 Å². The Labute approximate surface area is 131 Å². The number of hydrogen-bond donors (Lipinski definition) is 1. The second kappa shape index (κ2) is 5.38. The fourth-order valence-corrected chi connectivity index (χ4v) is 3.25. The summed E-state index contributed by atoms with van der Waals surface area (Å²) < 4.78 is 13.9. The summed E-state index contributed by atoms with van der Waals surface area (Å²) in [6.07, 6.45) is 1.92. The average molecular weight is 355 g/mol. The number of hydrogen-bond acceptors (Lipinski definition) is 1. The molecule has 0 heterocycles. The zero-order valence-corrected chi connectivity index (χ0v) is 13.4. The molecule has 0 saturated carbocycles. The molecule has 0 fully saturated rings. The second-order valence-electron chi connectivity index (χ2n) is 5.24.